The van der Waals surface area contributed by atoms with Crippen molar-refractivity contribution in [2.75, 3.05) is 26.4 Å². The van der Waals surface area contributed by atoms with Crippen LogP contribution < -0.4 is 18.9 Å². The molecule has 12 heteroatoms. The maximum atomic E-state index is 17.1. The summed E-state index contributed by atoms with van der Waals surface area (Å²) in [6.45, 7) is 8.73. The lowest BCUT2D eigenvalue weighted by atomic mass is 9.81. The Morgan fingerprint density at radius 2 is 0.581 bits per heavy atom. The minimum absolute atomic E-state index is 0.121. The summed E-state index contributed by atoms with van der Waals surface area (Å²) >= 11 is 0. The van der Waals surface area contributed by atoms with Crippen molar-refractivity contribution in [3.8, 4) is 23.0 Å². The molecule has 0 N–H and O–H groups in total. The molecule has 0 aromatic heterocycles. The van der Waals surface area contributed by atoms with Crippen molar-refractivity contribution in [3.63, 3.8) is 0 Å². The van der Waals surface area contributed by atoms with Gasteiger partial charge >= 0.3 is 0 Å². The Kier molecular flexibility index (Phi) is 11.7. The van der Waals surface area contributed by atoms with Crippen LogP contribution in [0, 0.1) is 23.3 Å². The number of hydrogen-bond acceptors (Lipinski definition) is 8. The van der Waals surface area contributed by atoms with Crippen LogP contribution in [0.5, 0.6) is 23.0 Å². The third kappa shape index (κ3) is 7.50. The van der Waals surface area contributed by atoms with Crippen molar-refractivity contribution in [3.05, 3.63) is 190 Å². The molecule has 2 heterocycles. The summed E-state index contributed by atoms with van der Waals surface area (Å²) in [6.07, 6.45) is 0. The van der Waals surface area contributed by atoms with Gasteiger partial charge in [-0.05, 0) is 100 Å². The second-order valence-electron chi connectivity index (χ2n) is 14.2. The molecule has 8 nitrogen and oxygen atoms in total. The molecule has 0 saturated heterocycles. The molecule has 0 bridgehead atoms. The van der Waals surface area contributed by atoms with Crippen LogP contribution in [0.4, 0.5) is 17.6 Å². The lowest BCUT2D eigenvalue weighted by molar-refractivity contribution is 0.226. The zero-order valence-electron chi connectivity index (χ0n) is 34.5. The van der Waals surface area contributed by atoms with Gasteiger partial charge in [0.1, 0.15) is 46.3 Å². The third-order valence-electron chi connectivity index (χ3n) is 10.3. The van der Waals surface area contributed by atoms with Gasteiger partial charge in [0.2, 0.25) is 11.3 Å². The first-order valence-corrected chi connectivity index (χ1v) is 20.4. The zero-order chi connectivity index (χ0) is 43.4. The van der Waals surface area contributed by atoms with E-state index in [1.54, 1.807) is 97.1 Å². The molecule has 0 aliphatic carbocycles. The highest BCUT2D eigenvalue weighted by Crippen LogP contribution is 2.56. The van der Waals surface area contributed by atoms with E-state index in [0.29, 0.717) is 71.7 Å². The second kappa shape index (κ2) is 17.5. The molecule has 6 aromatic rings. The topological polar surface area (TPSA) is 86.4 Å². The first kappa shape index (κ1) is 41.6. The molecule has 0 unspecified atom stereocenters. The van der Waals surface area contributed by atoms with Gasteiger partial charge in [-0.3, -0.25) is 0 Å². The molecule has 2 aliphatic heterocycles. The van der Waals surface area contributed by atoms with Gasteiger partial charge < -0.3 is 18.9 Å². The van der Waals surface area contributed by atoms with E-state index in [0.717, 1.165) is 24.3 Å². The third-order valence-corrected chi connectivity index (χ3v) is 10.3. The second-order valence-corrected chi connectivity index (χ2v) is 14.2. The number of aliphatic imine (C=N–C) groups is 4. The molecule has 0 atom stereocenters. The van der Waals surface area contributed by atoms with Gasteiger partial charge in [0.15, 0.2) is 0 Å². The van der Waals surface area contributed by atoms with Crippen LogP contribution in [0.2, 0.25) is 0 Å². The van der Waals surface area contributed by atoms with E-state index < -0.39 is 45.7 Å². The van der Waals surface area contributed by atoms with E-state index in [1.807, 2.05) is 27.7 Å². The number of benzene rings is 6. The molecule has 0 amide bonds. The Morgan fingerprint density at radius 3 is 0.806 bits per heavy atom. The fourth-order valence-electron chi connectivity index (χ4n) is 7.86. The summed E-state index contributed by atoms with van der Waals surface area (Å²) in [5.74, 6) is -2.49. The number of ether oxygens (including phenoxy) is 4. The number of halogens is 4. The maximum absolute atomic E-state index is 17.1. The fraction of sp³-hybridized carbons (Fsp3) is 0.200. The smallest absolute Gasteiger partial charge is 0.232 e. The standard InChI is InChI=1S/C50H42F4N4O4/c1-5-59-35-19-9-15-31(27-35)45-46(32-16-10-20-36(28-32)60-6-2)56-49(55-45,43-39(51)23-13-24-40(43)52)50(44-41(53)25-14-26-42(44)54)57-47(33-17-11-21-37(29-33)61-7-3)48(58-50)34-18-12-22-38(30-34)62-8-4/h9-30H,5-8H2,1-4H3. The molecule has 314 valence electrons. The van der Waals surface area contributed by atoms with Gasteiger partial charge in [0, 0.05) is 22.3 Å². The normalized spacial score (nSPS) is 15.0. The average molecular weight is 839 g/mol. The molecule has 0 radical (unpaired) electrons. The first-order valence-electron chi connectivity index (χ1n) is 20.4. The number of nitrogens with zero attached hydrogens (tertiary/aromatic N) is 4. The molecule has 8 rings (SSSR count). The van der Waals surface area contributed by atoms with E-state index >= 15 is 17.6 Å². The van der Waals surface area contributed by atoms with E-state index in [2.05, 4.69) is 0 Å². The van der Waals surface area contributed by atoms with Crippen LogP contribution in [0.3, 0.4) is 0 Å². The lowest BCUT2D eigenvalue weighted by Gasteiger charge is -2.38. The summed E-state index contributed by atoms with van der Waals surface area (Å²) in [5, 5.41) is 0. The zero-order valence-corrected chi connectivity index (χ0v) is 34.5. The van der Waals surface area contributed by atoms with Crippen LogP contribution in [-0.4, -0.2) is 49.3 Å². The molecule has 2 aliphatic rings. The highest BCUT2D eigenvalue weighted by atomic mass is 19.1. The summed E-state index contributed by atoms with van der Waals surface area (Å²) < 4.78 is 91.7. The average Bonchev–Trinajstić information content (AvgIpc) is 3.87. The summed E-state index contributed by atoms with van der Waals surface area (Å²) in [7, 11) is 0. The molecule has 0 spiro atoms. The molecular weight excluding hydrogens is 797 g/mol. The molecule has 0 fully saturated rings. The fourth-order valence-corrected chi connectivity index (χ4v) is 7.86. The Labute approximate surface area is 357 Å². The van der Waals surface area contributed by atoms with Crippen molar-refractivity contribution >= 4 is 22.8 Å². The van der Waals surface area contributed by atoms with Gasteiger partial charge in [0.05, 0.1) is 60.4 Å². The van der Waals surface area contributed by atoms with Crippen LogP contribution in [0.25, 0.3) is 0 Å². The Balaban J connectivity index is 1.58. The summed E-state index contributed by atoms with van der Waals surface area (Å²) in [6, 6.07) is 34.4. The van der Waals surface area contributed by atoms with Crippen molar-refractivity contribution in [1.82, 2.24) is 0 Å². The Morgan fingerprint density at radius 1 is 0.355 bits per heavy atom. The molecule has 62 heavy (non-hydrogen) atoms. The highest BCUT2D eigenvalue weighted by molar-refractivity contribution is 6.56. The maximum Gasteiger partial charge on any atom is 0.232 e. The van der Waals surface area contributed by atoms with E-state index in [-0.39, 0.29) is 22.8 Å². The van der Waals surface area contributed by atoms with Gasteiger partial charge in [-0.2, -0.15) is 0 Å². The van der Waals surface area contributed by atoms with Gasteiger partial charge in [-0.25, -0.2) is 37.5 Å². The van der Waals surface area contributed by atoms with E-state index in [9.17, 15) is 0 Å². The van der Waals surface area contributed by atoms with Gasteiger partial charge in [0.25, 0.3) is 0 Å². The van der Waals surface area contributed by atoms with Crippen molar-refractivity contribution in [2.45, 2.75) is 39.0 Å². The number of rotatable bonds is 15. The predicted molar refractivity (Wildman–Crippen MR) is 233 cm³/mol. The van der Waals surface area contributed by atoms with Crippen molar-refractivity contribution in [2.24, 2.45) is 20.0 Å². The number of hydrogen-bond donors (Lipinski definition) is 0. The van der Waals surface area contributed by atoms with Gasteiger partial charge in [-0.1, -0.05) is 60.7 Å². The largest absolute Gasteiger partial charge is 0.494 e. The Hall–Kier alpha value is -7.08. The monoisotopic (exact) mass is 838 g/mol. The highest BCUT2D eigenvalue weighted by Gasteiger charge is 2.64. The molecule has 0 saturated carbocycles. The lowest BCUT2D eigenvalue weighted by Crippen LogP contribution is -2.45. The SMILES string of the molecule is CCOc1cccc(C2=NC(c3c(F)cccc3F)(C3(c4c(F)cccc4F)N=C(c4cccc(OCC)c4)C(c4cccc(OCC)c4)=N3)N=C2c2cccc(OCC)c2)c1. The van der Waals surface area contributed by atoms with Gasteiger partial charge in [-0.15, -0.1) is 0 Å². The van der Waals surface area contributed by atoms with E-state index in [1.165, 1.54) is 12.1 Å². The van der Waals surface area contributed by atoms with Crippen LogP contribution >= 0.6 is 0 Å². The molecule has 6 aromatic carbocycles. The molecular formula is C50H42F4N4O4. The Bertz CT molecular complexity index is 2420. The van der Waals surface area contributed by atoms with E-state index in [4.69, 9.17) is 38.9 Å². The predicted octanol–water partition coefficient (Wildman–Crippen LogP) is 10.8. The minimum atomic E-state index is -2.71. The van der Waals surface area contributed by atoms with Crippen molar-refractivity contribution in [1.29, 1.82) is 0 Å². The van der Waals surface area contributed by atoms with Crippen molar-refractivity contribution < 1.29 is 36.5 Å². The summed E-state index contributed by atoms with van der Waals surface area (Å²) in [4.78, 5) is 20.9. The first-order chi connectivity index (χ1) is 30.1. The van der Waals surface area contributed by atoms with Crippen LogP contribution in [0.15, 0.2) is 153 Å². The van der Waals surface area contributed by atoms with Crippen LogP contribution in [0.1, 0.15) is 61.1 Å². The van der Waals surface area contributed by atoms with Crippen LogP contribution in [-0.2, 0) is 11.3 Å². The summed E-state index contributed by atoms with van der Waals surface area (Å²) in [5.41, 5.74) is -4.69. The minimum Gasteiger partial charge on any atom is -0.494 e. The quantitative estimate of drug-likeness (QED) is 0.0964.